The molecule has 13 heavy (non-hydrogen) atoms. The van der Waals surface area contributed by atoms with Crippen molar-refractivity contribution in [3.63, 3.8) is 0 Å². The Balaban J connectivity index is 1.75. The molecule has 2 rings (SSSR count). The molecule has 2 nitrogen and oxygen atoms in total. The van der Waals surface area contributed by atoms with Crippen molar-refractivity contribution in [1.82, 2.24) is 4.90 Å². The molecule has 74 valence electrons. The van der Waals surface area contributed by atoms with Crippen LogP contribution < -0.4 is 0 Å². The Bertz CT molecular complexity index is 186. The Hall–Kier alpha value is -0.340. The fourth-order valence-corrected chi connectivity index (χ4v) is 2.14. The van der Waals surface area contributed by atoms with E-state index in [1.807, 2.05) is 0 Å². The van der Waals surface area contributed by atoms with Gasteiger partial charge in [-0.25, -0.2) is 0 Å². The summed E-state index contributed by atoms with van der Waals surface area (Å²) >= 11 is 0. The quantitative estimate of drug-likeness (QED) is 0.601. The third kappa shape index (κ3) is 1.94. The molecule has 0 N–H and O–H groups in total. The summed E-state index contributed by atoms with van der Waals surface area (Å²) in [5, 5.41) is 0. The molecule has 1 spiro atoms. The van der Waals surface area contributed by atoms with Gasteiger partial charge < -0.3 is 4.74 Å². The maximum atomic E-state index is 5.30. The normalized spacial score (nSPS) is 28.1. The lowest BCUT2D eigenvalue weighted by Crippen LogP contribution is -2.50. The van der Waals surface area contributed by atoms with Gasteiger partial charge in [0.2, 0.25) is 0 Å². The number of likely N-dealkylation sites (tertiary alicyclic amines) is 1. The van der Waals surface area contributed by atoms with Gasteiger partial charge in [-0.05, 0) is 32.9 Å². The summed E-state index contributed by atoms with van der Waals surface area (Å²) in [5.74, 6) is 0. The van der Waals surface area contributed by atoms with Crippen LogP contribution >= 0.6 is 0 Å². The summed E-state index contributed by atoms with van der Waals surface area (Å²) in [6, 6.07) is 0. The van der Waals surface area contributed by atoms with Crippen LogP contribution in [-0.4, -0.2) is 37.7 Å². The number of ether oxygens (including phenoxy) is 1. The molecule has 0 radical (unpaired) electrons. The van der Waals surface area contributed by atoms with E-state index < -0.39 is 0 Å². The highest BCUT2D eigenvalue weighted by molar-refractivity contribution is 4.92. The standard InChI is InChI=1S/C11H19NO/c1-2-3-6-12-7-4-11(5-8-12)9-13-10-11/h2-3H,4-10H2,1H3/b3-2+. The second-order valence-corrected chi connectivity index (χ2v) is 4.36. The molecule has 0 unspecified atom stereocenters. The second kappa shape index (κ2) is 3.81. The largest absolute Gasteiger partial charge is 0.380 e. The molecule has 2 saturated heterocycles. The van der Waals surface area contributed by atoms with Crippen molar-refractivity contribution in [1.29, 1.82) is 0 Å². The first kappa shape index (κ1) is 9.22. The molecule has 2 heterocycles. The Kier molecular flexibility index (Phi) is 2.70. The molecule has 0 saturated carbocycles. The van der Waals surface area contributed by atoms with Crippen molar-refractivity contribution in [3.8, 4) is 0 Å². The number of rotatable bonds is 2. The predicted octanol–water partition coefficient (Wildman–Crippen LogP) is 1.67. The molecular formula is C11H19NO. The molecule has 2 heteroatoms. The van der Waals surface area contributed by atoms with Crippen molar-refractivity contribution < 1.29 is 4.74 Å². The average Bonchev–Trinajstić information content (AvgIpc) is 2.13. The average molecular weight is 181 g/mol. The van der Waals surface area contributed by atoms with Gasteiger partial charge in [-0.1, -0.05) is 12.2 Å². The van der Waals surface area contributed by atoms with Crippen LogP contribution in [0.15, 0.2) is 12.2 Å². The first-order valence-electron chi connectivity index (χ1n) is 5.26. The second-order valence-electron chi connectivity index (χ2n) is 4.36. The van der Waals surface area contributed by atoms with Crippen LogP contribution in [0.25, 0.3) is 0 Å². The van der Waals surface area contributed by atoms with E-state index in [1.54, 1.807) is 0 Å². The van der Waals surface area contributed by atoms with Crippen LogP contribution in [0.5, 0.6) is 0 Å². The van der Waals surface area contributed by atoms with Crippen molar-refractivity contribution in [2.45, 2.75) is 19.8 Å². The molecule has 2 aliphatic heterocycles. The zero-order valence-electron chi connectivity index (χ0n) is 8.46. The van der Waals surface area contributed by atoms with Crippen molar-refractivity contribution in [3.05, 3.63) is 12.2 Å². The highest BCUT2D eigenvalue weighted by Crippen LogP contribution is 2.38. The van der Waals surface area contributed by atoms with E-state index >= 15 is 0 Å². The Morgan fingerprint density at radius 3 is 2.46 bits per heavy atom. The third-order valence-corrected chi connectivity index (χ3v) is 3.33. The first-order valence-corrected chi connectivity index (χ1v) is 5.26. The predicted molar refractivity (Wildman–Crippen MR) is 53.7 cm³/mol. The minimum atomic E-state index is 0.590. The van der Waals surface area contributed by atoms with Crippen molar-refractivity contribution >= 4 is 0 Å². The SMILES string of the molecule is C/C=C/CN1CCC2(CC1)COC2. The minimum absolute atomic E-state index is 0.590. The van der Waals surface area contributed by atoms with Crippen LogP contribution in [0.3, 0.4) is 0 Å². The van der Waals surface area contributed by atoms with Gasteiger partial charge in [-0.2, -0.15) is 0 Å². The summed E-state index contributed by atoms with van der Waals surface area (Å²) in [4.78, 5) is 2.53. The summed E-state index contributed by atoms with van der Waals surface area (Å²) in [6.07, 6.45) is 7.06. The third-order valence-electron chi connectivity index (χ3n) is 3.33. The first-order chi connectivity index (χ1) is 6.35. The lowest BCUT2D eigenvalue weighted by molar-refractivity contribution is -0.138. The van der Waals surface area contributed by atoms with Crippen molar-refractivity contribution in [2.24, 2.45) is 5.41 Å². The van der Waals surface area contributed by atoms with E-state index in [1.165, 1.54) is 25.9 Å². The van der Waals surface area contributed by atoms with E-state index in [0.29, 0.717) is 5.41 Å². The molecule has 0 aromatic heterocycles. The van der Waals surface area contributed by atoms with Gasteiger partial charge in [-0.3, -0.25) is 4.90 Å². The highest BCUT2D eigenvalue weighted by atomic mass is 16.5. The molecular weight excluding hydrogens is 162 g/mol. The van der Waals surface area contributed by atoms with Crippen LogP contribution in [0.2, 0.25) is 0 Å². The van der Waals surface area contributed by atoms with Gasteiger partial charge in [0.25, 0.3) is 0 Å². The molecule has 0 bridgehead atoms. The molecule has 0 atom stereocenters. The summed E-state index contributed by atoms with van der Waals surface area (Å²) in [7, 11) is 0. The van der Waals surface area contributed by atoms with Crippen molar-refractivity contribution in [2.75, 3.05) is 32.8 Å². The molecule has 0 aromatic rings. The summed E-state index contributed by atoms with van der Waals surface area (Å²) < 4.78 is 5.30. The van der Waals surface area contributed by atoms with Crippen LogP contribution in [0.4, 0.5) is 0 Å². The highest BCUT2D eigenvalue weighted by Gasteiger charge is 2.40. The Labute approximate surface area is 80.6 Å². The maximum absolute atomic E-state index is 5.30. The van der Waals surface area contributed by atoms with E-state index in [0.717, 1.165) is 19.8 Å². The Morgan fingerprint density at radius 2 is 2.00 bits per heavy atom. The van der Waals surface area contributed by atoms with Gasteiger partial charge in [0.1, 0.15) is 0 Å². The van der Waals surface area contributed by atoms with Crippen LogP contribution in [0, 0.1) is 5.41 Å². The molecule has 0 aliphatic carbocycles. The lowest BCUT2D eigenvalue weighted by atomic mass is 9.77. The molecule has 0 amide bonds. The van der Waals surface area contributed by atoms with Gasteiger partial charge in [0, 0.05) is 12.0 Å². The summed E-state index contributed by atoms with van der Waals surface area (Å²) in [5.41, 5.74) is 0.590. The molecule has 2 fully saturated rings. The number of allylic oxidation sites excluding steroid dienone is 1. The zero-order chi connectivity index (χ0) is 9.15. The van der Waals surface area contributed by atoms with E-state index in [-0.39, 0.29) is 0 Å². The Morgan fingerprint density at radius 1 is 1.31 bits per heavy atom. The van der Waals surface area contributed by atoms with Gasteiger partial charge in [0.15, 0.2) is 0 Å². The lowest BCUT2D eigenvalue weighted by Gasteiger charge is -2.47. The zero-order valence-corrected chi connectivity index (χ0v) is 8.46. The van der Waals surface area contributed by atoms with Crippen LogP contribution in [0.1, 0.15) is 19.8 Å². The number of nitrogens with zero attached hydrogens (tertiary/aromatic N) is 1. The van der Waals surface area contributed by atoms with E-state index in [9.17, 15) is 0 Å². The van der Waals surface area contributed by atoms with E-state index in [4.69, 9.17) is 4.74 Å². The number of hydrogen-bond acceptors (Lipinski definition) is 2. The minimum Gasteiger partial charge on any atom is -0.380 e. The number of piperidine rings is 1. The van der Waals surface area contributed by atoms with Gasteiger partial charge >= 0.3 is 0 Å². The molecule has 0 aromatic carbocycles. The summed E-state index contributed by atoms with van der Waals surface area (Å²) in [6.45, 7) is 7.77. The van der Waals surface area contributed by atoms with Gasteiger partial charge in [-0.15, -0.1) is 0 Å². The van der Waals surface area contributed by atoms with Gasteiger partial charge in [0.05, 0.1) is 13.2 Å². The fourth-order valence-electron chi connectivity index (χ4n) is 2.14. The maximum Gasteiger partial charge on any atom is 0.0545 e. The smallest absolute Gasteiger partial charge is 0.0545 e. The molecule has 2 aliphatic rings. The van der Waals surface area contributed by atoms with E-state index in [2.05, 4.69) is 24.0 Å². The monoisotopic (exact) mass is 181 g/mol. The van der Waals surface area contributed by atoms with Crippen LogP contribution in [-0.2, 0) is 4.74 Å². The number of hydrogen-bond donors (Lipinski definition) is 0. The fraction of sp³-hybridized carbons (Fsp3) is 0.818. The topological polar surface area (TPSA) is 12.5 Å².